The van der Waals surface area contributed by atoms with E-state index < -0.39 is 0 Å². The third kappa shape index (κ3) is 3.85. The van der Waals surface area contributed by atoms with Gasteiger partial charge in [-0.3, -0.25) is 0 Å². The van der Waals surface area contributed by atoms with Gasteiger partial charge in [-0.25, -0.2) is 0 Å². The van der Waals surface area contributed by atoms with E-state index in [1.165, 1.54) is 0 Å². The van der Waals surface area contributed by atoms with Crippen LogP contribution in [0.2, 0.25) is 0 Å². The van der Waals surface area contributed by atoms with Crippen LogP contribution in [0.15, 0.2) is 0 Å². The van der Waals surface area contributed by atoms with Crippen LogP contribution in [0.3, 0.4) is 0 Å². The Hall–Kier alpha value is -0.120. The van der Waals surface area contributed by atoms with Gasteiger partial charge in [0.25, 0.3) is 0 Å². The van der Waals surface area contributed by atoms with E-state index in [1.54, 1.807) is 7.11 Å². The summed E-state index contributed by atoms with van der Waals surface area (Å²) in [6.45, 7) is 9.57. The maximum Gasteiger partial charge on any atom is 0.0597 e. The first-order chi connectivity index (χ1) is 10.3. The number of aliphatic hydroxyl groups excluding tert-OH is 2. The van der Waals surface area contributed by atoms with E-state index in [2.05, 4.69) is 27.7 Å². The Morgan fingerprint density at radius 2 is 1.23 bits per heavy atom. The Bertz CT molecular complexity index is 316. The largest absolute Gasteiger partial charge is 0.393 e. The number of ether oxygens (including phenoxy) is 1. The molecule has 130 valence electrons. The number of methoxy groups -OCH3 is 1. The lowest BCUT2D eigenvalue weighted by molar-refractivity contribution is -0.0971. The lowest BCUT2D eigenvalue weighted by atomic mass is 9.61. The first kappa shape index (κ1) is 18.2. The predicted molar refractivity (Wildman–Crippen MR) is 89.5 cm³/mol. The maximum atomic E-state index is 10.8. The van der Waals surface area contributed by atoms with Crippen LogP contribution < -0.4 is 0 Å². The van der Waals surface area contributed by atoms with Crippen molar-refractivity contribution in [3.8, 4) is 0 Å². The van der Waals surface area contributed by atoms with E-state index in [4.69, 9.17) is 4.74 Å². The molecular weight excluding hydrogens is 276 g/mol. The molecule has 0 aromatic carbocycles. The van der Waals surface area contributed by atoms with Gasteiger partial charge in [-0.1, -0.05) is 27.7 Å². The molecule has 0 radical (unpaired) electrons. The number of hydrogen-bond donors (Lipinski definition) is 2. The molecule has 2 rings (SSSR count). The number of rotatable bonds is 4. The summed E-state index contributed by atoms with van der Waals surface area (Å²) in [5, 5.41) is 21.5. The topological polar surface area (TPSA) is 49.7 Å². The van der Waals surface area contributed by atoms with Crippen molar-refractivity contribution < 1.29 is 14.9 Å². The van der Waals surface area contributed by atoms with Gasteiger partial charge in [-0.2, -0.15) is 0 Å². The van der Waals surface area contributed by atoms with Gasteiger partial charge in [-0.15, -0.1) is 0 Å². The van der Waals surface area contributed by atoms with Crippen molar-refractivity contribution in [1.82, 2.24) is 0 Å². The second-order valence-corrected chi connectivity index (χ2v) is 8.54. The third-order valence-corrected chi connectivity index (χ3v) is 6.40. The molecule has 0 aliphatic heterocycles. The van der Waals surface area contributed by atoms with Gasteiger partial charge in [-0.05, 0) is 67.1 Å². The third-order valence-electron chi connectivity index (χ3n) is 6.40. The van der Waals surface area contributed by atoms with Crippen LogP contribution in [0, 0.1) is 41.4 Å². The van der Waals surface area contributed by atoms with Crippen molar-refractivity contribution in [2.75, 3.05) is 13.7 Å². The first-order valence-corrected chi connectivity index (χ1v) is 9.20. The van der Waals surface area contributed by atoms with Crippen LogP contribution >= 0.6 is 0 Å². The SMILES string of the molecule is COCC(C1CC(C)CC(C)C1O)C1CC(C)CC(C)C1O. The molecule has 2 aliphatic carbocycles. The number of hydrogen-bond acceptors (Lipinski definition) is 3. The molecule has 0 aromatic rings. The highest BCUT2D eigenvalue weighted by Gasteiger charge is 2.45. The van der Waals surface area contributed by atoms with Crippen molar-refractivity contribution in [1.29, 1.82) is 0 Å². The molecule has 0 aromatic heterocycles. The summed E-state index contributed by atoms with van der Waals surface area (Å²) in [5.74, 6) is 2.79. The summed E-state index contributed by atoms with van der Waals surface area (Å²) in [4.78, 5) is 0. The summed E-state index contributed by atoms with van der Waals surface area (Å²) >= 11 is 0. The molecule has 2 N–H and O–H groups in total. The van der Waals surface area contributed by atoms with Gasteiger partial charge in [0.1, 0.15) is 0 Å². The van der Waals surface area contributed by atoms with E-state index >= 15 is 0 Å². The minimum atomic E-state index is -0.254. The molecule has 3 heteroatoms. The molecule has 3 nitrogen and oxygen atoms in total. The molecule has 2 saturated carbocycles. The van der Waals surface area contributed by atoms with Crippen LogP contribution in [0.1, 0.15) is 53.4 Å². The standard InChI is InChI=1S/C19H36O3/c1-11-6-13(3)18(20)15(8-11)17(10-22-5)16-9-12(2)7-14(4)19(16)21/h11-21H,6-10H2,1-5H3. The molecule has 0 amide bonds. The summed E-state index contributed by atoms with van der Waals surface area (Å²) in [5.41, 5.74) is 0. The Balaban J connectivity index is 2.20. The molecular formula is C19H36O3. The fraction of sp³-hybridized carbons (Fsp3) is 1.00. The molecule has 0 bridgehead atoms. The summed E-state index contributed by atoms with van der Waals surface area (Å²) < 4.78 is 5.53. The lowest BCUT2D eigenvalue weighted by Crippen LogP contribution is -2.48. The van der Waals surface area contributed by atoms with Gasteiger partial charge in [0.15, 0.2) is 0 Å². The van der Waals surface area contributed by atoms with E-state index in [0.29, 0.717) is 30.3 Å². The van der Waals surface area contributed by atoms with Crippen LogP contribution in [-0.2, 0) is 4.74 Å². The second kappa shape index (κ2) is 7.63. The molecule has 2 fully saturated rings. The molecule has 0 spiro atoms. The van der Waals surface area contributed by atoms with E-state index in [-0.39, 0.29) is 30.0 Å². The van der Waals surface area contributed by atoms with Crippen LogP contribution in [0.4, 0.5) is 0 Å². The van der Waals surface area contributed by atoms with Crippen LogP contribution in [0.5, 0.6) is 0 Å². The van der Waals surface area contributed by atoms with Crippen LogP contribution in [-0.4, -0.2) is 36.1 Å². The minimum Gasteiger partial charge on any atom is -0.393 e. The van der Waals surface area contributed by atoms with E-state index in [1.807, 2.05) is 0 Å². The smallest absolute Gasteiger partial charge is 0.0597 e. The average molecular weight is 312 g/mol. The molecule has 0 heterocycles. The highest BCUT2D eigenvalue weighted by atomic mass is 16.5. The van der Waals surface area contributed by atoms with Crippen molar-refractivity contribution in [2.45, 2.75) is 65.6 Å². The monoisotopic (exact) mass is 312 g/mol. The fourth-order valence-corrected chi connectivity index (χ4v) is 5.41. The summed E-state index contributed by atoms with van der Waals surface area (Å²) in [7, 11) is 1.75. The normalized spacial score (nSPS) is 48.1. The van der Waals surface area contributed by atoms with Crippen molar-refractivity contribution in [3.63, 3.8) is 0 Å². The van der Waals surface area contributed by atoms with Gasteiger partial charge in [0.2, 0.25) is 0 Å². The van der Waals surface area contributed by atoms with E-state index in [9.17, 15) is 10.2 Å². The zero-order chi connectivity index (χ0) is 16.4. The second-order valence-electron chi connectivity index (χ2n) is 8.54. The molecule has 0 saturated heterocycles. The number of aliphatic hydroxyl groups is 2. The highest BCUT2D eigenvalue weighted by Crippen LogP contribution is 2.45. The maximum absolute atomic E-state index is 10.8. The Morgan fingerprint density at radius 3 is 1.59 bits per heavy atom. The lowest BCUT2D eigenvalue weighted by Gasteiger charge is -2.47. The molecule has 2 aliphatic rings. The first-order valence-electron chi connectivity index (χ1n) is 9.20. The van der Waals surface area contributed by atoms with Crippen molar-refractivity contribution in [2.24, 2.45) is 41.4 Å². The van der Waals surface area contributed by atoms with Gasteiger partial charge < -0.3 is 14.9 Å². The Kier molecular flexibility index (Phi) is 6.32. The van der Waals surface area contributed by atoms with Crippen molar-refractivity contribution in [3.05, 3.63) is 0 Å². The summed E-state index contributed by atoms with van der Waals surface area (Å²) in [6, 6.07) is 0. The summed E-state index contributed by atoms with van der Waals surface area (Å²) in [6.07, 6.45) is 3.83. The molecule has 22 heavy (non-hydrogen) atoms. The van der Waals surface area contributed by atoms with Crippen molar-refractivity contribution >= 4 is 0 Å². The van der Waals surface area contributed by atoms with Gasteiger partial charge in [0.05, 0.1) is 12.2 Å². The quantitative estimate of drug-likeness (QED) is 0.837. The molecule has 8 unspecified atom stereocenters. The highest BCUT2D eigenvalue weighted by molar-refractivity contribution is 4.94. The van der Waals surface area contributed by atoms with Crippen LogP contribution in [0.25, 0.3) is 0 Å². The van der Waals surface area contributed by atoms with Gasteiger partial charge in [0, 0.05) is 13.7 Å². The predicted octanol–water partition coefficient (Wildman–Crippen LogP) is 3.34. The molecule has 8 atom stereocenters. The zero-order valence-corrected chi connectivity index (χ0v) is 15.0. The fourth-order valence-electron chi connectivity index (χ4n) is 5.41. The minimum absolute atomic E-state index is 0.254. The Morgan fingerprint density at radius 1 is 0.818 bits per heavy atom. The average Bonchev–Trinajstić information content (AvgIpc) is 2.44. The Labute approximate surface area is 136 Å². The zero-order valence-electron chi connectivity index (χ0n) is 15.0. The van der Waals surface area contributed by atoms with Gasteiger partial charge >= 0.3 is 0 Å². The van der Waals surface area contributed by atoms with E-state index in [0.717, 1.165) is 25.7 Å².